The molecular formula is C25H26F2N2O2S2. The number of carbonyl (C=O) groups is 2. The van der Waals surface area contributed by atoms with Crippen LogP contribution in [0.25, 0.3) is 0 Å². The lowest BCUT2D eigenvalue weighted by atomic mass is 9.75. The van der Waals surface area contributed by atoms with Crippen molar-refractivity contribution in [2.24, 2.45) is 0 Å². The molecule has 1 aromatic carbocycles. The molecule has 1 aromatic heterocycles. The number of ketones is 1. The van der Waals surface area contributed by atoms with Gasteiger partial charge in [0, 0.05) is 45.8 Å². The number of thiophene rings is 1. The smallest absolute Gasteiger partial charge is 0.254 e. The monoisotopic (exact) mass is 488 g/mol. The third kappa shape index (κ3) is 4.64. The Morgan fingerprint density at radius 3 is 2.73 bits per heavy atom. The lowest BCUT2D eigenvalue weighted by Gasteiger charge is -2.34. The number of benzene rings is 1. The van der Waals surface area contributed by atoms with Crippen molar-refractivity contribution in [3.05, 3.63) is 68.9 Å². The molecule has 0 saturated heterocycles. The van der Waals surface area contributed by atoms with E-state index in [1.807, 2.05) is 6.92 Å². The number of aryl methyl sites for hydroxylation is 1. The van der Waals surface area contributed by atoms with Crippen LogP contribution in [0.5, 0.6) is 0 Å². The van der Waals surface area contributed by atoms with Crippen LogP contribution < -0.4 is 10.6 Å². The fourth-order valence-corrected chi connectivity index (χ4v) is 6.81. The Labute approximate surface area is 200 Å². The SMILES string of the molecule is CCSc1sc(CC)cc1C1C(C(=O)Nc2ccc(F)cc2F)=C(C)NC2=C1C(=O)CCC2. The number of nitrogens with one attached hydrogen (secondary N) is 2. The molecule has 8 heteroatoms. The zero-order valence-electron chi connectivity index (χ0n) is 18.8. The second-order valence-corrected chi connectivity index (χ2v) is 10.8. The van der Waals surface area contributed by atoms with Crippen molar-refractivity contribution in [1.29, 1.82) is 0 Å². The molecule has 0 spiro atoms. The average Bonchev–Trinajstić information content (AvgIpc) is 3.18. The van der Waals surface area contributed by atoms with E-state index < -0.39 is 23.5 Å². The molecule has 0 fully saturated rings. The molecule has 0 radical (unpaired) electrons. The second kappa shape index (κ2) is 9.81. The van der Waals surface area contributed by atoms with Crippen molar-refractivity contribution in [3.8, 4) is 0 Å². The summed E-state index contributed by atoms with van der Waals surface area (Å²) in [5.41, 5.74) is 3.40. The topological polar surface area (TPSA) is 58.2 Å². The third-order valence-electron chi connectivity index (χ3n) is 5.91. The number of halogens is 2. The molecule has 2 heterocycles. The van der Waals surface area contributed by atoms with Gasteiger partial charge in [0.1, 0.15) is 11.6 Å². The van der Waals surface area contributed by atoms with Crippen LogP contribution in [0.2, 0.25) is 0 Å². The first-order valence-electron chi connectivity index (χ1n) is 11.1. The summed E-state index contributed by atoms with van der Waals surface area (Å²) in [6.45, 7) is 5.97. The van der Waals surface area contributed by atoms with E-state index in [1.54, 1.807) is 23.1 Å². The number of dihydropyridines is 1. The van der Waals surface area contributed by atoms with E-state index in [0.29, 0.717) is 23.3 Å². The van der Waals surface area contributed by atoms with Gasteiger partial charge in [-0.25, -0.2) is 8.78 Å². The molecular weight excluding hydrogens is 462 g/mol. The fourth-order valence-electron chi connectivity index (χ4n) is 4.43. The molecule has 1 aliphatic carbocycles. The van der Waals surface area contributed by atoms with Gasteiger partial charge in [0.05, 0.1) is 9.90 Å². The minimum Gasteiger partial charge on any atom is -0.362 e. The quantitative estimate of drug-likeness (QED) is 0.468. The van der Waals surface area contributed by atoms with Crippen LogP contribution in [-0.2, 0) is 16.0 Å². The van der Waals surface area contributed by atoms with Crippen molar-refractivity contribution in [2.75, 3.05) is 11.1 Å². The number of anilines is 1. The highest BCUT2D eigenvalue weighted by atomic mass is 32.2. The Kier molecular flexibility index (Phi) is 7.05. The maximum absolute atomic E-state index is 14.3. The van der Waals surface area contributed by atoms with E-state index in [0.717, 1.165) is 52.6 Å². The summed E-state index contributed by atoms with van der Waals surface area (Å²) >= 11 is 3.40. The van der Waals surface area contributed by atoms with E-state index in [1.165, 1.54) is 10.9 Å². The summed E-state index contributed by atoms with van der Waals surface area (Å²) < 4.78 is 28.7. The lowest BCUT2D eigenvalue weighted by molar-refractivity contribution is -0.116. The van der Waals surface area contributed by atoms with Gasteiger partial charge < -0.3 is 10.6 Å². The van der Waals surface area contributed by atoms with Crippen LogP contribution in [0.1, 0.15) is 56.4 Å². The predicted octanol–water partition coefficient (Wildman–Crippen LogP) is 6.31. The van der Waals surface area contributed by atoms with E-state index in [2.05, 4.69) is 30.5 Å². The number of rotatable bonds is 6. The summed E-state index contributed by atoms with van der Waals surface area (Å²) in [4.78, 5) is 27.8. The largest absolute Gasteiger partial charge is 0.362 e. The van der Waals surface area contributed by atoms with Crippen LogP contribution in [0.3, 0.4) is 0 Å². The van der Waals surface area contributed by atoms with E-state index in [4.69, 9.17) is 0 Å². The van der Waals surface area contributed by atoms with Gasteiger partial charge in [-0.05, 0) is 55.7 Å². The highest BCUT2D eigenvalue weighted by Crippen LogP contribution is 2.47. The van der Waals surface area contributed by atoms with Crippen LogP contribution in [0.15, 0.2) is 51.0 Å². The van der Waals surface area contributed by atoms with Crippen LogP contribution in [-0.4, -0.2) is 17.4 Å². The Morgan fingerprint density at radius 1 is 1.24 bits per heavy atom. The molecule has 2 aromatic rings. The first kappa shape index (κ1) is 23.7. The summed E-state index contributed by atoms with van der Waals surface area (Å²) in [7, 11) is 0. The first-order chi connectivity index (χ1) is 15.8. The van der Waals surface area contributed by atoms with Gasteiger partial charge in [0.25, 0.3) is 5.91 Å². The molecule has 4 nitrogen and oxygen atoms in total. The summed E-state index contributed by atoms with van der Waals surface area (Å²) in [5.74, 6) is -1.68. The minimum atomic E-state index is -0.846. The number of allylic oxidation sites excluding steroid dienone is 3. The number of carbonyl (C=O) groups excluding carboxylic acids is 2. The Bertz CT molecular complexity index is 1180. The number of hydrogen-bond donors (Lipinski definition) is 2. The standard InChI is InChI=1S/C25H26F2N2O2S2/c1-4-15-12-16(25(33-15)32-5-2)22-21(13(3)28-19-7-6-8-20(30)23(19)22)24(31)29-18-10-9-14(26)11-17(18)27/h9-12,22,28H,4-8H2,1-3H3,(H,29,31). The molecule has 4 rings (SSSR count). The Balaban J connectivity index is 1.83. The number of hydrogen-bond acceptors (Lipinski definition) is 5. The van der Waals surface area contributed by atoms with Gasteiger partial charge >= 0.3 is 0 Å². The average molecular weight is 489 g/mol. The molecule has 2 N–H and O–H groups in total. The van der Waals surface area contributed by atoms with Gasteiger partial charge in [-0.3, -0.25) is 9.59 Å². The van der Waals surface area contributed by atoms with Crippen molar-refractivity contribution < 1.29 is 18.4 Å². The van der Waals surface area contributed by atoms with E-state index in [-0.39, 0.29) is 11.5 Å². The van der Waals surface area contributed by atoms with Crippen molar-refractivity contribution >= 4 is 40.5 Å². The highest BCUT2D eigenvalue weighted by Gasteiger charge is 2.40. The first-order valence-corrected chi connectivity index (χ1v) is 12.9. The molecule has 2 aliphatic rings. The number of amides is 1. The maximum Gasteiger partial charge on any atom is 0.254 e. The zero-order valence-corrected chi connectivity index (χ0v) is 20.4. The molecule has 1 amide bonds. The minimum absolute atomic E-state index is 0.0382. The molecule has 0 bridgehead atoms. The van der Waals surface area contributed by atoms with Crippen molar-refractivity contribution in [2.45, 2.75) is 56.6 Å². The number of thioether (sulfide) groups is 1. The molecule has 174 valence electrons. The molecule has 33 heavy (non-hydrogen) atoms. The van der Waals surface area contributed by atoms with E-state index in [9.17, 15) is 18.4 Å². The summed E-state index contributed by atoms with van der Waals surface area (Å²) in [6.07, 6.45) is 2.82. The molecule has 1 aliphatic heterocycles. The van der Waals surface area contributed by atoms with Gasteiger partial charge in [-0.15, -0.1) is 23.1 Å². The predicted molar refractivity (Wildman–Crippen MR) is 130 cm³/mol. The number of Topliss-reactive ketones (excluding diaryl/α,β-unsaturated/α-hetero) is 1. The van der Waals surface area contributed by atoms with Gasteiger partial charge in [0.2, 0.25) is 0 Å². The highest BCUT2D eigenvalue weighted by molar-refractivity contribution is 8.01. The van der Waals surface area contributed by atoms with Crippen molar-refractivity contribution in [3.63, 3.8) is 0 Å². The Morgan fingerprint density at radius 2 is 2.03 bits per heavy atom. The normalized spacial score (nSPS) is 18.3. The second-order valence-electron chi connectivity index (χ2n) is 8.09. The third-order valence-corrected chi connectivity index (χ3v) is 8.39. The molecule has 1 atom stereocenters. The van der Waals surface area contributed by atoms with Gasteiger partial charge in [0.15, 0.2) is 5.78 Å². The van der Waals surface area contributed by atoms with Gasteiger partial charge in [-0.2, -0.15) is 0 Å². The lowest BCUT2D eigenvalue weighted by Crippen LogP contribution is -2.35. The fraction of sp³-hybridized carbons (Fsp3) is 0.360. The van der Waals surface area contributed by atoms with Crippen LogP contribution in [0.4, 0.5) is 14.5 Å². The van der Waals surface area contributed by atoms with Gasteiger partial charge in [-0.1, -0.05) is 13.8 Å². The Hall–Kier alpha value is -2.45. The van der Waals surface area contributed by atoms with E-state index >= 15 is 0 Å². The maximum atomic E-state index is 14.3. The van der Waals surface area contributed by atoms with Crippen LogP contribution >= 0.6 is 23.1 Å². The molecule has 1 unspecified atom stereocenters. The zero-order chi connectivity index (χ0) is 23.7. The molecule has 0 saturated carbocycles. The summed E-state index contributed by atoms with van der Waals surface area (Å²) in [5, 5.41) is 5.89. The van der Waals surface area contributed by atoms with Crippen LogP contribution in [0, 0.1) is 11.6 Å². The van der Waals surface area contributed by atoms with Crippen molar-refractivity contribution in [1.82, 2.24) is 5.32 Å². The summed E-state index contributed by atoms with van der Waals surface area (Å²) in [6, 6.07) is 5.15.